The third-order valence-electron chi connectivity index (χ3n) is 0.464. The molecule has 0 radical (unpaired) electrons. The first-order valence-corrected chi connectivity index (χ1v) is 4.64. The molecule has 0 aromatic heterocycles. The van der Waals surface area contributed by atoms with Gasteiger partial charge in [-0.05, 0) is 6.92 Å². The van der Waals surface area contributed by atoms with E-state index >= 15 is 0 Å². The van der Waals surface area contributed by atoms with Crippen LogP contribution in [0.4, 0.5) is 0 Å². The lowest BCUT2D eigenvalue weighted by molar-refractivity contribution is -0.107. The fraction of sp³-hybridized carbons (Fsp3) is 0.800. The van der Waals surface area contributed by atoms with E-state index in [9.17, 15) is 9.36 Å². The number of phosphoric acid groups is 1. The highest BCUT2D eigenvalue weighted by molar-refractivity contribution is 7.46. The van der Waals surface area contributed by atoms with E-state index in [1.165, 1.54) is 6.92 Å². The Labute approximate surface area is 65.6 Å². The Morgan fingerprint density at radius 3 is 1.82 bits per heavy atom. The third kappa shape index (κ3) is 25.9. The summed E-state index contributed by atoms with van der Waals surface area (Å²) < 4.78 is 13.6. The summed E-state index contributed by atoms with van der Waals surface area (Å²) >= 11 is 0. The van der Waals surface area contributed by atoms with Crippen LogP contribution in [0, 0.1) is 0 Å². The molecular formula is C5H13O5P. The molecule has 0 spiro atoms. The number of phosphoric ester groups is 1. The zero-order valence-electron chi connectivity index (χ0n) is 6.56. The maximum atomic E-state index is 9.70. The standard InChI is InChI=1S/C3H6O.C2H7O4P/c1-2-3-4;1-2-6-7(3,4)5/h3H,2H2,1H3;2H2,1H3,(H2,3,4,5). The third-order valence-corrected chi connectivity index (χ3v) is 1.06. The van der Waals surface area contributed by atoms with E-state index in [-0.39, 0.29) is 6.61 Å². The van der Waals surface area contributed by atoms with Gasteiger partial charge >= 0.3 is 7.82 Å². The van der Waals surface area contributed by atoms with Gasteiger partial charge in [0.05, 0.1) is 6.61 Å². The summed E-state index contributed by atoms with van der Waals surface area (Å²) in [5, 5.41) is 0. The Hall–Kier alpha value is -0.220. The van der Waals surface area contributed by atoms with Gasteiger partial charge in [-0.3, -0.25) is 4.52 Å². The Balaban J connectivity index is 0. The van der Waals surface area contributed by atoms with E-state index in [2.05, 4.69) is 4.52 Å². The molecule has 6 heteroatoms. The molecule has 0 heterocycles. The molecule has 0 saturated carbocycles. The summed E-state index contributed by atoms with van der Waals surface area (Å²) in [5.74, 6) is 0. The van der Waals surface area contributed by atoms with Gasteiger partial charge in [-0.15, -0.1) is 0 Å². The quantitative estimate of drug-likeness (QED) is 0.498. The second-order valence-electron chi connectivity index (χ2n) is 1.48. The molecule has 11 heavy (non-hydrogen) atoms. The fourth-order valence-corrected chi connectivity index (χ4v) is 0.505. The van der Waals surface area contributed by atoms with E-state index < -0.39 is 7.82 Å². The molecule has 2 N–H and O–H groups in total. The number of carbonyl (C=O) groups is 1. The molecule has 0 rings (SSSR count). The van der Waals surface area contributed by atoms with Gasteiger partial charge in [-0.1, -0.05) is 6.92 Å². The van der Waals surface area contributed by atoms with Crippen molar-refractivity contribution in [3.05, 3.63) is 0 Å². The van der Waals surface area contributed by atoms with E-state index in [1.54, 1.807) is 0 Å². The van der Waals surface area contributed by atoms with Gasteiger partial charge in [0.1, 0.15) is 6.29 Å². The highest BCUT2D eigenvalue weighted by atomic mass is 31.2. The summed E-state index contributed by atoms with van der Waals surface area (Å²) in [6.07, 6.45) is 1.51. The van der Waals surface area contributed by atoms with Gasteiger partial charge in [-0.25, -0.2) is 4.57 Å². The minimum Gasteiger partial charge on any atom is -0.303 e. The first-order valence-electron chi connectivity index (χ1n) is 3.11. The van der Waals surface area contributed by atoms with E-state index in [1.807, 2.05) is 6.92 Å². The molecule has 0 aliphatic heterocycles. The van der Waals surface area contributed by atoms with Crippen LogP contribution in [0.3, 0.4) is 0 Å². The number of aldehydes is 1. The van der Waals surface area contributed by atoms with Crippen LogP contribution in [0.5, 0.6) is 0 Å². The van der Waals surface area contributed by atoms with Crippen molar-refractivity contribution in [3.63, 3.8) is 0 Å². The second kappa shape index (κ2) is 7.88. The van der Waals surface area contributed by atoms with Crippen LogP contribution < -0.4 is 0 Å². The minimum absolute atomic E-state index is 0.0459. The van der Waals surface area contributed by atoms with Crippen molar-refractivity contribution in [2.45, 2.75) is 20.3 Å². The molecule has 0 aromatic rings. The van der Waals surface area contributed by atoms with Gasteiger partial charge in [0.15, 0.2) is 0 Å². The average molecular weight is 184 g/mol. The second-order valence-corrected chi connectivity index (χ2v) is 2.72. The predicted molar refractivity (Wildman–Crippen MR) is 40.0 cm³/mol. The molecule has 5 nitrogen and oxygen atoms in total. The van der Waals surface area contributed by atoms with E-state index in [0.717, 1.165) is 6.29 Å². The number of rotatable bonds is 3. The number of carbonyl (C=O) groups excluding carboxylic acids is 1. The summed E-state index contributed by atoms with van der Waals surface area (Å²) in [4.78, 5) is 25.0. The normalized spacial score (nSPS) is 9.82. The van der Waals surface area contributed by atoms with Crippen molar-refractivity contribution in [3.8, 4) is 0 Å². The summed E-state index contributed by atoms with van der Waals surface area (Å²) in [6.45, 7) is 3.37. The molecule has 0 amide bonds. The molecule has 0 unspecified atom stereocenters. The first kappa shape index (κ1) is 13.4. The van der Waals surface area contributed by atoms with Gasteiger partial charge in [0.2, 0.25) is 0 Å². The van der Waals surface area contributed by atoms with Crippen molar-refractivity contribution in [1.82, 2.24) is 0 Å². The molecule has 0 saturated heterocycles. The lowest BCUT2D eigenvalue weighted by Crippen LogP contribution is -1.84. The Bertz CT molecular complexity index is 129. The largest absolute Gasteiger partial charge is 0.469 e. The highest BCUT2D eigenvalue weighted by Gasteiger charge is 2.10. The van der Waals surface area contributed by atoms with Crippen LogP contribution in [0.15, 0.2) is 0 Å². The van der Waals surface area contributed by atoms with Crippen molar-refractivity contribution in [2.24, 2.45) is 0 Å². The molecule has 68 valence electrons. The SMILES string of the molecule is CCC=O.CCOP(=O)(O)O. The molecule has 0 fully saturated rings. The number of hydrogen-bond acceptors (Lipinski definition) is 3. The van der Waals surface area contributed by atoms with Crippen LogP contribution in [-0.2, 0) is 13.9 Å². The summed E-state index contributed by atoms with van der Waals surface area (Å²) in [7, 11) is -4.17. The van der Waals surface area contributed by atoms with Gasteiger partial charge in [-0.2, -0.15) is 0 Å². The number of hydrogen-bond donors (Lipinski definition) is 2. The molecule has 0 aliphatic rings. The van der Waals surface area contributed by atoms with E-state index in [0.29, 0.717) is 6.42 Å². The van der Waals surface area contributed by atoms with Gasteiger partial charge in [0, 0.05) is 6.42 Å². The van der Waals surface area contributed by atoms with Crippen molar-refractivity contribution < 1.29 is 23.7 Å². The summed E-state index contributed by atoms with van der Waals surface area (Å²) in [6, 6.07) is 0. The molecule has 0 aliphatic carbocycles. The first-order chi connectivity index (χ1) is 4.97. The van der Waals surface area contributed by atoms with Crippen molar-refractivity contribution >= 4 is 14.1 Å². The van der Waals surface area contributed by atoms with Crippen molar-refractivity contribution in [1.29, 1.82) is 0 Å². The molecule has 0 bridgehead atoms. The van der Waals surface area contributed by atoms with Gasteiger partial charge < -0.3 is 14.6 Å². The zero-order valence-corrected chi connectivity index (χ0v) is 7.45. The molecule has 0 atom stereocenters. The fourth-order valence-electron chi connectivity index (χ4n) is 0.168. The van der Waals surface area contributed by atoms with Crippen LogP contribution in [0.2, 0.25) is 0 Å². The minimum atomic E-state index is -4.17. The van der Waals surface area contributed by atoms with E-state index in [4.69, 9.17) is 9.79 Å². The molecule has 0 aromatic carbocycles. The zero-order chi connectivity index (χ0) is 9.33. The lowest BCUT2D eigenvalue weighted by atomic mass is 10.6. The maximum absolute atomic E-state index is 9.70. The predicted octanol–water partition coefficient (Wildman–Crippen LogP) is 0.711. The van der Waals surface area contributed by atoms with Crippen LogP contribution in [0.1, 0.15) is 20.3 Å². The topological polar surface area (TPSA) is 83.8 Å². The highest BCUT2D eigenvalue weighted by Crippen LogP contribution is 2.34. The Morgan fingerprint density at radius 2 is 1.82 bits per heavy atom. The Kier molecular flexibility index (Phi) is 9.58. The van der Waals surface area contributed by atoms with Crippen molar-refractivity contribution in [2.75, 3.05) is 6.61 Å². The molecular weight excluding hydrogens is 171 g/mol. The van der Waals surface area contributed by atoms with Crippen LogP contribution in [0.25, 0.3) is 0 Å². The smallest absolute Gasteiger partial charge is 0.303 e. The monoisotopic (exact) mass is 184 g/mol. The van der Waals surface area contributed by atoms with Crippen LogP contribution >= 0.6 is 7.82 Å². The maximum Gasteiger partial charge on any atom is 0.469 e. The van der Waals surface area contributed by atoms with Crippen LogP contribution in [-0.4, -0.2) is 22.7 Å². The Morgan fingerprint density at radius 1 is 1.45 bits per heavy atom. The summed E-state index contributed by atoms with van der Waals surface area (Å²) in [5.41, 5.74) is 0. The lowest BCUT2D eigenvalue weighted by Gasteiger charge is -1.98. The average Bonchev–Trinajstić information content (AvgIpc) is 1.86. The van der Waals surface area contributed by atoms with Gasteiger partial charge in [0.25, 0.3) is 0 Å².